The summed E-state index contributed by atoms with van der Waals surface area (Å²) in [7, 11) is 0. The van der Waals surface area contributed by atoms with Crippen molar-refractivity contribution in [1.29, 1.82) is 0 Å². The third kappa shape index (κ3) is 17.9. The van der Waals surface area contributed by atoms with Crippen LogP contribution in [-0.2, 0) is 12.8 Å². The van der Waals surface area contributed by atoms with Gasteiger partial charge in [0.25, 0.3) is 0 Å². The average molecular weight is 498 g/mol. The number of H-pyrrole nitrogens is 1. The van der Waals surface area contributed by atoms with Gasteiger partial charge in [0.1, 0.15) is 11.6 Å². The molecule has 2 aromatic carbocycles. The molecule has 0 fully saturated rings. The van der Waals surface area contributed by atoms with E-state index in [1.165, 1.54) is 60.9 Å². The molecule has 0 spiro atoms. The van der Waals surface area contributed by atoms with Crippen LogP contribution in [0.5, 0.6) is 0 Å². The zero-order chi connectivity index (χ0) is 27.3. The molecular weight excluding hydrogens is 445 g/mol. The maximum absolute atomic E-state index is 12.2. The van der Waals surface area contributed by atoms with Gasteiger partial charge in [0, 0.05) is 6.42 Å². The zero-order valence-electron chi connectivity index (χ0n) is 24.5. The molecule has 0 atom stereocenters. The minimum atomic E-state index is -0.160. The molecule has 0 aliphatic rings. The summed E-state index contributed by atoms with van der Waals surface area (Å²) >= 11 is 0. The highest BCUT2D eigenvalue weighted by molar-refractivity contribution is 5.23. The summed E-state index contributed by atoms with van der Waals surface area (Å²) in [6.07, 6.45) is 8.59. The molecular formula is C32H52FN3. The normalized spacial score (nSPS) is 10.1. The lowest BCUT2D eigenvalue weighted by Crippen LogP contribution is -1.91. The van der Waals surface area contributed by atoms with Crippen LogP contribution in [0.15, 0.2) is 48.5 Å². The Labute approximate surface area is 221 Å². The summed E-state index contributed by atoms with van der Waals surface area (Å²) in [6.45, 7) is 19.5. The van der Waals surface area contributed by atoms with Crippen LogP contribution in [0.3, 0.4) is 0 Å². The van der Waals surface area contributed by atoms with Crippen LogP contribution in [0, 0.1) is 31.5 Å². The third-order valence-corrected chi connectivity index (χ3v) is 5.83. The molecule has 0 aliphatic carbocycles. The first-order valence-corrected chi connectivity index (χ1v) is 13.8. The first-order chi connectivity index (χ1) is 17.1. The predicted molar refractivity (Wildman–Crippen MR) is 155 cm³/mol. The highest BCUT2D eigenvalue weighted by Gasteiger charge is 2.00. The maximum Gasteiger partial charge on any atom is 0.155 e. The van der Waals surface area contributed by atoms with Gasteiger partial charge in [-0.15, -0.1) is 0 Å². The highest BCUT2D eigenvalue weighted by atomic mass is 19.1. The number of aromatic nitrogens is 3. The van der Waals surface area contributed by atoms with Gasteiger partial charge in [-0.25, -0.2) is 9.37 Å². The Balaban J connectivity index is 0.000000488. The topological polar surface area (TPSA) is 41.6 Å². The first kappa shape index (κ1) is 33.5. The highest BCUT2D eigenvalue weighted by Crippen LogP contribution is 2.11. The van der Waals surface area contributed by atoms with E-state index in [9.17, 15) is 4.39 Å². The molecule has 0 saturated heterocycles. The number of rotatable bonds is 8. The van der Waals surface area contributed by atoms with Gasteiger partial charge in [0.05, 0.1) is 0 Å². The number of hydrogen-bond acceptors (Lipinski definition) is 2. The SMILES string of the molecule is CCC(C)C.CCCC(C)CCC.CCc1ccc(F)cc1.Cc1ccc(Cc2n[nH]c(C)n2)cc1. The van der Waals surface area contributed by atoms with Gasteiger partial charge >= 0.3 is 0 Å². The monoisotopic (exact) mass is 497 g/mol. The van der Waals surface area contributed by atoms with Crippen LogP contribution in [0.1, 0.15) is 109 Å². The number of aryl methyl sites for hydroxylation is 3. The number of nitrogens with zero attached hydrogens (tertiary/aromatic N) is 2. The molecule has 4 heteroatoms. The van der Waals surface area contributed by atoms with Crippen molar-refractivity contribution >= 4 is 0 Å². The maximum atomic E-state index is 12.2. The van der Waals surface area contributed by atoms with Gasteiger partial charge in [0.15, 0.2) is 5.82 Å². The van der Waals surface area contributed by atoms with Crippen molar-refractivity contribution in [1.82, 2.24) is 15.2 Å². The molecule has 3 nitrogen and oxygen atoms in total. The summed E-state index contributed by atoms with van der Waals surface area (Å²) in [5.41, 5.74) is 3.70. The van der Waals surface area contributed by atoms with Gasteiger partial charge in [-0.3, -0.25) is 5.10 Å². The van der Waals surface area contributed by atoms with Crippen molar-refractivity contribution < 1.29 is 4.39 Å². The van der Waals surface area contributed by atoms with Crippen LogP contribution >= 0.6 is 0 Å². The lowest BCUT2D eigenvalue weighted by molar-refractivity contribution is 0.480. The third-order valence-electron chi connectivity index (χ3n) is 5.83. The Kier molecular flexibility index (Phi) is 19.2. The fourth-order valence-electron chi connectivity index (χ4n) is 3.21. The van der Waals surface area contributed by atoms with Crippen LogP contribution in [0.4, 0.5) is 4.39 Å². The molecule has 3 aromatic rings. The largest absolute Gasteiger partial charge is 0.263 e. The van der Waals surface area contributed by atoms with Crippen molar-refractivity contribution in [2.24, 2.45) is 11.8 Å². The number of aromatic amines is 1. The molecule has 1 aromatic heterocycles. The Morgan fingerprint density at radius 1 is 0.778 bits per heavy atom. The number of nitrogens with one attached hydrogen (secondary N) is 1. The summed E-state index contributed by atoms with van der Waals surface area (Å²) in [5.74, 6) is 3.41. The van der Waals surface area contributed by atoms with Gasteiger partial charge in [-0.05, 0) is 55.4 Å². The van der Waals surface area contributed by atoms with Crippen LogP contribution in [-0.4, -0.2) is 15.2 Å². The Morgan fingerprint density at radius 2 is 1.28 bits per heavy atom. The van der Waals surface area contributed by atoms with E-state index in [0.29, 0.717) is 0 Å². The fraction of sp³-hybridized carbons (Fsp3) is 0.562. The van der Waals surface area contributed by atoms with E-state index in [0.717, 1.165) is 36.3 Å². The minimum absolute atomic E-state index is 0.160. The molecule has 0 aliphatic heterocycles. The summed E-state index contributed by atoms with van der Waals surface area (Å²) in [6, 6.07) is 15.0. The molecule has 0 amide bonds. The van der Waals surface area contributed by atoms with Crippen molar-refractivity contribution in [2.45, 2.75) is 107 Å². The van der Waals surface area contributed by atoms with Gasteiger partial charge in [-0.1, -0.05) is 123 Å². The van der Waals surface area contributed by atoms with Crippen molar-refractivity contribution in [3.8, 4) is 0 Å². The van der Waals surface area contributed by atoms with E-state index in [4.69, 9.17) is 0 Å². The molecule has 0 unspecified atom stereocenters. The Morgan fingerprint density at radius 3 is 1.67 bits per heavy atom. The summed E-state index contributed by atoms with van der Waals surface area (Å²) in [4.78, 5) is 4.26. The second-order valence-electron chi connectivity index (χ2n) is 9.96. The molecule has 3 rings (SSSR count). The molecule has 202 valence electrons. The predicted octanol–water partition coefficient (Wildman–Crippen LogP) is 9.68. The molecule has 0 saturated carbocycles. The van der Waals surface area contributed by atoms with E-state index in [1.54, 1.807) is 12.1 Å². The standard InChI is InChI=1S/C11H13N3.C8H9F.C8H18.C5H12/c1-8-3-5-10(6-4-8)7-11-12-9(2)13-14-11;1-2-7-3-5-8(9)6-4-7;1-4-6-8(3)7-5-2;1-4-5(2)3/h3-6H,7H2,1-2H3,(H,12,13,14);3-6H,2H2,1H3;8H,4-7H2,1-3H3;5H,4H2,1-3H3. The number of benzene rings is 2. The second-order valence-corrected chi connectivity index (χ2v) is 9.96. The van der Waals surface area contributed by atoms with Gasteiger partial charge < -0.3 is 0 Å². The number of hydrogen-bond donors (Lipinski definition) is 1. The average Bonchev–Trinajstić information content (AvgIpc) is 3.27. The molecule has 1 N–H and O–H groups in total. The smallest absolute Gasteiger partial charge is 0.155 e. The van der Waals surface area contributed by atoms with E-state index in [-0.39, 0.29) is 5.82 Å². The fourth-order valence-corrected chi connectivity index (χ4v) is 3.21. The lowest BCUT2D eigenvalue weighted by atomic mass is 10.0. The molecule has 36 heavy (non-hydrogen) atoms. The van der Waals surface area contributed by atoms with Crippen LogP contribution in [0.25, 0.3) is 0 Å². The van der Waals surface area contributed by atoms with E-state index in [1.807, 2.05) is 13.8 Å². The first-order valence-electron chi connectivity index (χ1n) is 13.8. The van der Waals surface area contributed by atoms with Crippen molar-refractivity contribution in [3.63, 3.8) is 0 Å². The van der Waals surface area contributed by atoms with E-state index in [2.05, 4.69) is 87.9 Å². The summed E-state index contributed by atoms with van der Waals surface area (Å²) < 4.78 is 12.2. The molecule has 1 heterocycles. The summed E-state index contributed by atoms with van der Waals surface area (Å²) in [5, 5.41) is 6.94. The lowest BCUT2D eigenvalue weighted by Gasteiger charge is -2.05. The minimum Gasteiger partial charge on any atom is -0.263 e. The van der Waals surface area contributed by atoms with E-state index >= 15 is 0 Å². The second kappa shape index (κ2) is 20.7. The number of halogens is 1. The van der Waals surface area contributed by atoms with Crippen molar-refractivity contribution in [3.05, 3.63) is 82.7 Å². The van der Waals surface area contributed by atoms with Gasteiger partial charge in [0.2, 0.25) is 0 Å². The van der Waals surface area contributed by atoms with E-state index < -0.39 is 0 Å². The van der Waals surface area contributed by atoms with Gasteiger partial charge in [-0.2, -0.15) is 5.10 Å². The molecule has 0 radical (unpaired) electrons. The van der Waals surface area contributed by atoms with Crippen LogP contribution < -0.4 is 0 Å². The van der Waals surface area contributed by atoms with Crippen LogP contribution in [0.2, 0.25) is 0 Å². The molecule has 0 bridgehead atoms. The Hall–Kier alpha value is -2.49. The van der Waals surface area contributed by atoms with Crippen molar-refractivity contribution in [2.75, 3.05) is 0 Å². The quantitative estimate of drug-likeness (QED) is 0.336. The zero-order valence-corrected chi connectivity index (χ0v) is 24.5. The Bertz CT molecular complexity index is 877.